The molecule has 2 atom stereocenters. The molecule has 0 aliphatic carbocycles. The third kappa shape index (κ3) is 7.51. The van der Waals surface area contributed by atoms with E-state index in [0.717, 1.165) is 34.2 Å². The second kappa shape index (κ2) is 12.3. The summed E-state index contributed by atoms with van der Waals surface area (Å²) in [7, 11) is 0. The Balaban J connectivity index is 1.99. The van der Waals surface area contributed by atoms with Crippen molar-refractivity contribution in [3.05, 3.63) is 106 Å². The Kier molecular flexibility index (Phi) is 9.18. The van der Waals surface area contributed by atoms with Gasteiger partial charge >= 0.3 is 0 Å². The molecule has 0 saturated heterocycles. The maximum absolute atomic E-state index is 13.8. The number of rotatable bonds is 10. The highest BCUT2D eigenvalue weighted by Gasteiger charge is 2.31. The van der Waals surface area contributed by atoms with Gasteiger partial charge < -0.3 is 10.2 Å². The zero-order valence-electron chi connectivity index (χ0n) is 21.1. The number of hydrogen-bond acceptors (Lipinski definition) is 2. The zero-order chi connectivity index (χ0) is 25.4. The van der Waals surface area contributed by atoms with E-state index >= 15 is 0 Å². The van der Waals surface area contributed by atoms with E-state index in [2.05, 4.69) is 5.32 Å². The SMILES string of the molecule is CC[C@H](C)NC(=O)[C@@H](Cc1ccccc1)N(Cc1ccc(F)cc1)C(=O)Cc1cc(C)ccc1C. The first-order chi connectivity index (χ1) is 16.8. The third-order valence-corrected chi connectivity index (χ3v) is 6.38. The van der Waals surface area contributed by atoms with Crippen LogP contribution in [-0.2, 0) is 29.0 Å². The summed E-state index contributed by atoms with van der Waals surface area (Å²) >= 11 is 0. The van der Waals surface area contributed by atoms with Crippen LogP contribution >= 0.6 is 0 Å². The van der Waals surface area contributed by atoms with Crippen LogP contribution in [0.2, 0.25) is 0 Å². The molecule has 5 heteroatoms. The fourth-order valence-corrected chi connectivity index (χ4v) is 4.04. The Hall–Kier alpha value is -3.47. The first-order valence-corrected chi connectivity index (χ1v) is 12.2. The first-order valence-electron chi connectivity index (χ1n) is 12.2. The van der Waals surface area contributed by atoms with E-state index in [1.165, 1.54) is 12.1 Å². The van der Waals surface area contributed by atoms with Gasteiger partial charge in [-0.1, -0.05) is 73.2 Å². The van der Waals surface area contributed by atoms with E-state index in [0.29, 0.717) is 6.42 Å². The summed E-state index contributed by atoms with van der Waals surface area (Å²) < 4.78 is 13.6. The van der Waals surface area contributed by atoms with Gasteiger partial charge in [0.2, 0.25) is 11.8 Å². The summed E-state index contributed by atoms with van der Waals surface area (Å²) in [4.78, 5) is 29.0. The largest absolute Gasteiger partial charge is 0.352 e. The molecule has 0 radical (unpaired) electrons. The molecule has 2 amide bonds. The molecule has 0 heterocycles. The number of nitrogens with one attached hydrogen (secondary N) is 1. The molecule has 3 aromatic carbocycles. The minimum Gasteiger partial charge on any atom is -0.352 e. The van der Waals surface area contributed by atoms with Crippen LogP contribution in [0.3, 0.4) is 0 Å². The van der Waals surface area contributed by atoms with Crippen LogP contribution in [0, 0.1) is 19.7 Å². The molecular weight excluding hydrogens is 439 g/mol. The number of benzene rings is 3. The van der Waals surface area contributed by atoms with Gasteiger partial charge in [0.25, 0.3) is 0 Å². The van der Waals surface area contributed by atoms with Gasteiger partial charge in [-0.2, -0.15) is 0 Å². The van der Waals surface area contributed by atoms with Gasteiger partial charge in [0.05, 0.1) is 6.42 Å². The van der Waals surface area contributed by atoms with Crippen molar-refractivity contribution in [2.24, 2.45) is 0 Å². The number of carbonyl (C=O) groups is 2. The van der Waals surface area contributed by atoms with Crippen molar-refractivity contribution in [2.45, 2.75) is 65.6 Å². The molecule has 0 fully saturated rings. The summed E-state index contributed by atoms with van der Waals surface area (Å²) in [5.74, 6) is -0.653. The maximum atomic E-state index is 13.8. The van der Waals surface area contributed by atoms with E-state index in [1.54, 1.807) is 17.0 Å². The molecule has 0 aliphatic heterocycles. The van der Waals surface area contributed by atoms with Crippen molar-refractivity contribution < 1.29 is 14.0 Å². The standard InChI is InChI=1S/C30H35FN2O2/c1-5-23(4)32-30(35)28(18-24-9-7-6-8-10-24)33(20-25-13-15-27(31)16-14-25)29(34)19-26-17-21(2)11-12-22(26)3/h6-17,23,28H,5,18-20H2,1-4H3,(H,32,35)/t23-,28+/m0/s1. The van der Waals surface area contributed by atoms with Crippen molar-refractivity contribution in [1.29, 1.82) is 0 Å². The van der Waals surface area contributed by atoms with Crippen LogP contribution in [-0.4, -0.2) is 28.8 Å². The van der Waals surface area contributed by atoms with Gasteiger partial charge in [-0.25, -0.2) is 4.39 Å². The van der Waals surface area contributed by atoms with Crippen LogP contribution in [0.5, 0.6) is 0 Å². The molecule has 0 bridgehead atoms. The first kappa shape index (κ1) is 26.1. The molecule has 0 aromatic heterocycles. The summed E-state index contributed by atoms with van der Waals surface area (Å²) in [6.07, 6.45) is 1.37. The Morgan fingerprint density at radius 2 is 1.63 bits per heavy atom. The van der Waals surface area contributed by atoms with Gasteiger partial charge in [0.1, 0.15) is 11.9 Å². The molecule has 1 N–H and O–H groups in total. The Morgan fingerprint density at radius 3 is 2.29 bits per heavy atom. The number of aryl methyl sites for hydroxylation is 2. The Labute approximate surface area is 208 Å². The Morgan fingerprint density at radius 1 is 0.943 bits per heavy atom. The summed E-state index contributed by atoms with van der Waals surface area (Å²) in [6.45, 7) is 8.18. The smallest absolute Gasteiger partial charge is 0.243 e. The van der Waals surface area contributed by atoms with Gasteiger partial charge in [-0.05, 0) is 61.6 Å². The van der Waals surface area contributed by atoms with Crippen LogP contribution in [0.25, 0.3) is 0 Å². The highest BCUT2D eigenvalue weighted by atomic mass is 19.1. The van der Waals surface area contributed by atoms with E-state index in [4.69, 9.17) is 0 Å². The normalized spacial score (nSPS) is 12.6. The lowest BCUT2D eigenvalue weighted by molar-refractivity contribution is -0.141. The molecule has 0 spiro atoms. The summed E-state index contributed by atoms with van der Waals surface area (Å²) in [5, 5.41) is 3.07. The molecule has 3 rings (SSSR count). The van der Waals surface area contributed by atoms with Gasteiger partial charge in [0.15, 0.2) is 0 Å². The van der Waals surface area contributed by atoms with Gasteiger partial charge in [-0.15, -0.1) is 0 Å². The van der Waals surface area contributed by atoms with Crippen LogP contribution in [0.4, 0.5) is 4.39 Å². The highest BCUT2D eigenvalue weighted by molar-refractivity contribution is 5.89. The summed E-state index contributed by atoms with van der Waals surface area (Å²) in [5.41, 5.74) is 4.81. The predicted molar refractivity (Wildman–Crippen MR) is 138 cm³/mol. The van der Waals surface area contributed by atoms with Crippen molar-refractivity contribution in [2.75, 3.05) is 0 Å². The fourth-order valence-electron chi connectivity index (χ4n) is 4.04. The predicted octanol–water partition coefficient (Wildman–Crippen LogP) is 5.54. The van der Waals surface area contributed by atoms with E-state index in [1.807, 2.05) is 76.2 Å². The topological polar surface area (TPSA) is 49.4 Å². The van der Waals surface area contributed by atoms with Crippen molar-refractivity contribution in [3.63, 3.8) is 0 Å². The van der Waals surface area contributed by atoms with Crippen LogP contribution in [0.15, 0.2) is 72.8 Å². The Bertz CT molecular complexity index is 1130. The molecular formula is C30H35FN2O2. The van der Waals surface area contributed by atoms with Gasteiger partial charge in [-0.3, -0.25) is 9.59 Å². The maximum Gasteiger partial charge on any atom is 0.243 e. The minimum atomic E-state index is -0.700. The second-order valence-electron chi connectivity index (χ2n) is 9.28. The number of amides is 2. The van der Waals surface area contributed by atoms with Crippen molar-refractivity contribution in [3.8, 4) is 0 Å². The van der Waals surface area contributed by atoms with Crippen molar-refractivity contribution in [1.82, 2.24) is 10.2 Å². The lowest BCUT2D eigenvalue weighted by Crippen LogP contribution is -2.52. The second-order valence-corrected chi connectivity index (χ2v) is 9.28. The van der Waals surface area contributed by atoms with Crippen LogP contribution in [0.1, 0.15) is 48.1 Å². The molecule has 35 heavy (non-hydrogen) atoms. The number of hydrogen-bond donors (Lipinski definition) is 1. The minimum absolute atomic E-state index is 0.0115. The lowest BCUT2D eigenvalue weighted by atomic mass is 9.99. The molecule has 3 aromatic rings. The lowest BCUT2D eigenvalue weighted by Gasteiger charge is -2.32. The van der Waals surface area contributed by atoms with Crippen molar-refractivity contribution >= 4 is 11.8 Å². The zero-order valence-corrected chi connectivity index (χ0v) is 21.1. The van der Waals surface area contributed by atoms with Crippen LogP contribution < -0.4 is 5.32 Å². The highest BCUT2D eigenvalue weighted by Crippen LogP contribution is 2.19. The average Bonchev–Trinajstić information content (AvgIpc) is 2.85. The number of carbonyl (C=O) groups excluding carboxylic acids is 2. The molecule has 4 nitrogen and oxygen atoms in total. The number of nitrogens with zero attached hydrogens (tertiary/aromatic N) is 1. The molecule has 0 aliphatic rings. The average molecular weight is 475 g/mol. The monoisotopic (exact) mass is 474 g/mol. The van der Waals surface area contributed by atoms with E-state index < -0.39 is 6.04 Å². The quantitative estimate of drug-likeness (QED) is 0.419. The molecule has 0 unspecified atom stereocenters. The third-order valence-electron chi connectivity index (χ3n) is 6.38. The molecule has 184 valence electrons. The molecule has 0 saturated carbocycles. The van der Waals surface area contributed by atoms with E-state index in [-0.39, 0.29) is 36.6 Å². The summed E-state index contributed by atoms with van der Waals surface area (Å²) in [6, 6.07) is 21.2. The number of halogens is 1. The fraction of sp³-hybridized carbons (Fsp3) is 0.333. The van der Waals surface area contributed by atoms with E-state index in [9.17, 15) is 14.0 Å². The van der Waals surface area contributed by atoms with Gasteiger partial charge in [0, 0.05) is 19.0 Å².